The Morgan fingerprint density at radius 1 is 1.15 bits per heavy atom. The summed E-state index contributed by atoms with van der Waals surface area (Å²) in [4.78, 5) is 13.2. The number of rotatable bonds is 4. The molecule has 1 aliphatic heterocycles. The molecular formula is C20H32F3NO2. The molecule has 0 atom stereocenters. The number of nitrogens with zero attached hydrogens (tertiary/aromatic N) is 1. The zero-order chi connectivity index (χ0) is 20.3. The summed E-state index contributed by atoms with van der Waals surface area (Å²) >= 11 is 0. The third kappa shape index (κ3) is 7.36. The lowest BCUT2D eigenvalue weighted by Gasteiger charge is -2.31. The third-order valence-corrected chi connectivity index (χ3v) is 4.33. The summed E-state index contributed by atoms with van der Waals surface area (Å²) < 4.78 is 39.5. The smallest absolute Gasteiger partial charge is 0.416 e. The van der Waals surface area contributed by atoms with Crippen LogP contribution in [0.1, 0.15) is 68.9 Å². The van der Waals surface area contributed by atoms with Gasteiger partial charge in [0.1, 0.15) is 0 Å². The number of hydrogen-bond donors (Lipinski definition) is 1. The van der Waals surface area contributed by atoms with Crippen molar-refractivity contribution in [1.82, 2.24) is 4.90 Å². The van der Waals surface area contributed by atoms with Gasteiger partial charge < -0.3 is 10.0 Å². The van der Waals surface area contributed by atoms with Crippen LogP contribution in [0.15, 0.2) is 18.2 Å². The molecule has 0 spiro atoms. The van der Waals surface area contributed by atoms with E-state index in [2.05, 4.69) is 11.8 Å². The maximum Gasteiger partial charge on any atom is 0.416 e. The molecule has 3 nitrogen and oxygen atoms in total. The average molecular weight is 375 g/mol. The first-order valence-electron chi connectivity index (χ1n) is 9.47. The molecule has 0 bridgehead atoms. The lowest BCUT2D eigenvalue weighted by molar-refractivity contribution is -0.138. The quantitative estimate of drug-likeness (QED) is 0.730. The molecule has 0 aromatic heterocycles. The lowest BCUT2D eigenvalue weighted by Crippen LogP contribution is -2.34. The van der Waals surface area contributed by atoms with Crippen LogP contribution in [0, 0.1) is 5.92 Å². The molecule has 2 rings (SSSR count). The summed E-state index contributed by atoms with van der Waals surface area (Å²) in [6.07, 6.45) is -2.41. The number of piperidine rings is 1. The number of carboxylic acid groups (broad SMARTS) is 1. The number of alkyl halides is 3. The van der Waals surface area contributed by atoms with E-state index in [1.807, 2.05) is 27.7 Å². The second-order valence-electron chi connectivity index (χ2n) is 5.76. The molecule has 0 aliphatic carbocycles. The minimum absolute atomic E-state index is 0.201. The fourth-order valence-corrected chi connectivity index (χ4v) is 2.97. The monoisotopic (exact) mass is 375 g/mol. The molecule has 1 fully saturated rings. The van der Waals surface area contributed by atoms with Crippen LogP contribution in [-0.2, 0) is 12.6 Å². The van der Waals surface area contributed by atoms with Gasteiger partial charge in [0.05, 0.1) is 11.1 Å². The van der Waals surface area contributed by atoms with Gasteiger partial charge in [0.25, 0.3) is 0 Å². The average Bonchev–Trinajstić information content (AvgIpc) is 2.65. The molecule has 0 unspecified atom stereocenters. The Morgan fingerprint density at radius 2 is 1.69 bits per heavy atom. The molecule has 1 aromatic carbocycles. The van der Waals surface area contributed by atoms with Crippen LogP contribution < -0.4 is 0 Å². The van der Waals surface area contributed by atoms with E-state index in [1.165, 1.54) is 12.1 Å². The van der Waals surface area contributed by atoms with E-state index in [-0.39, 0.29) is 17.0 Å². The van der Waals surface area contributed by atoms with Crippen molar-refractivity contribution >= 4 is 5.97 Å². The molecule has 1 heterocycles. The lowest BCUT2D eigenvalue weighted by atomic mass is 9.87. The minimum atomic E-state index is -4.52. The second kappa shape index (κ2) is 11.9. The van der Waals surface area contributed by atoms with E-state index in [9.17, 15) is 18.0 Å². The van der Waals surface area contributed by atoms with Crippen molar-refractivity contribution < 1.29 is 23.1 Å². The molecule has 0 saturated carbocycles. The number of aromatic carboxylic acids is 1. The minimum Gasteiger partial charge on any atom is -0.478 e. The Kier molecular flexibility index (Phi) is 11.2. The van der Waals surface area contributed by atoms with Gasteiger partial charge in [-0.1, -0.05) is 40.7 Å². The Balaban J connectivity index is 0.00000146. The highest BCUT2D eigenvalue weighted by Crippen LogP contribution is 2.35. The number of likely N-dealkylation sites (tertiary alicyclic amines) is 1. The standard InChI is InChI=1S/C16H20F3NO2.2C2H6/c1-2-20-7-5-11(6-8-20)9-12-3-4-13(15(21)22)10-14(12)16(17,18)19;2*1-2/h3-4,10-11H,2,5-9H2,1H3,(H,21,22);2*1-2H3. The molecule has 150 valence electrons. The van der Waals surface area contributed by atoms with Gasteiger partial charge in [0.15, 0.2) is 0 Å². The maximum absolute atomic E-state index is 13.2. The first-order valence-corrected chi connectivity index (χ1v) is 9.47. The van der Waals surface area contributed by atoms with Crippen LogP contribution in [0.3, 0.4) is 0 Å². The largest absolute Gasteiger partial charge is 0.478 e. The van der Waals surface area contributed by atoms with Gasteiger partial charge in [0.2, 0.25) is 0 Å². The summed E-state index contributed by atoms with van der Waals surface area (Å²) in [5.41, 5.74) is -0.936. The van der Waals surface area contributed by atoms with Gasteiger partial charge in [-0.2, -0.15) is 13.2 Å². The summed E-state index contributed by atoms with van der Waals surface area (Å²) in [5.74, 6) is -1.12. The topological polar surface area (TPSA) is 40.5 Å². The van der Waals surface area contributed by atoms with Crippen molar-refractivity contribution in [1.29, 1.82) is 0 Å². The van der Waals surface area contributed by atoms with E-state index in [0.29, 0.717) is 6.42 Å². The highest BCUT2D eigenvalue weighted by atomic mass is 19.4. The SMILES string of the molecule is CC.CC.CCN1CCC(Cc2ccc(C(=O)O)cc2C(F)(F)F)CC1. The van der Waals surface area contributed by atoms with Crippen LogP contribution in [0.5, 0.6) is 0 Å². The van der Waals surface area contributed by atoms with E-state index >= 15 is 0 Å². The maximum atomic E-state index is 13.2. The van der Waals surface area contributed by atoms with Gasteiger partial charge >= 0.3 is 12.1 Å². The van der Waals surface area contributed by atoms with Crippen LogP contribution in [-0.4, -0.2) is 35.6 Å². The highest BCUT2D eigenvalue weighted by molar-refractivity contribution is 5.88. The summed E-state index contributed by atoms with van der Waals surface area (Å²) in [6, 6.07) is 3.32. The Labute approximate surface area is 155 Å². The van der Waals surface area contributed by atoms with E-state index in [1.54, 1.807) is 0 Å². The van der Waals surface area contributed by atoms with Gasteiger partial charge in [-0.05, 0) is 62.5 Å². The number of halogens is 3. The summed E-state index contributed by atoms with van der Waals surface area (Å²) in [5, 5.41) is 8.87. The van der Waals surface area contributed by atoms with E-state index in [4.69, 9.17) is 5.11 Å². The molecular weight excluding hydrogens is 343 g/mol. The normalized spacial score (nSPS) is 15.4. The van der Waals surface area contributed by atoms with Crippen molar-refractivity contribution in [3.63, 3.8) is 0 Å². The second-order valence-corrected chi connectivity index (χ2v) is 5.76. The number of carbonyl (C=O) groups is 1. The first-order chi connectivity index (χ1) is 12.3. The number of carboxylic acids is 1. The van der Waals surface area contributed by atoms with Crippen LogP contribution in [0.4, 0.5) is 13.2 Å². The van der Waals surface area contributed by atoms with Crippen molar-refractivity contribution in [2.45, 2.75) is 60.1 Å². The molecule has 0 radical (unpaired) electrons. The van der Waals surface area contributed by atoms with Crippen molar-refractivity contribution in [3.8, 4) is 0 Å². The number of hydrogen-bond acceptors (Lipinski definition) is 2. The van der Waals surface area contributed by atoms with Gasteiger partial charge in [-0.25, -0.2) is 4.79 Å². The van der Waals surface area contributed by atoms with Crippen molar-refractivity contribution in [3.05, 3.63) is 34.9 Å². The summed E-state index contributed by atoms with van der Waals surface area (Å²) in [6.45, 7) is 12.9. The fraction of sp³-hybridized carbons (Fsp3) is 0.650. The molecule has 0 amide bonds. The van der Waals surface area contributed by atoms with Gasteiger partial charge in [-0.3, -0.25) is 0 Å². The molecule has 26 heavy (non-hydrogen) atoms. The van der Waals surface area contributed by atoms with Crippen LogP contribution >= 0.6 is 0 Å². The van der Waals surface area contributed by atoms with Gasteiger partial charge in [0, 0.05) is 0 Å². The molecule has 1 saturated heterocycles. The molecule has 1 N–H and O–H groups in total. The Hall–Kier alpha value is -1.56. The van der Waals surface area contributed by atoms with Crippen LogP contribution in [0.25, 0.3) is 0 Å². The molecule has 6 heteroatoms. The third-order valence-electron chi connectivity index (χ3n) is 4.33. The van der Waals surface area contributed by atoms with Crippen molar-refractivity contribution in [2.24, 2.45) is 5.92 Å². The molecule has 1 aromatic rings. The Morgan fingerprint density at radius 3 is 2.12 bits per heavy atom. The first kappa shape index (κ1) is 24.4. The fourth-order valence-electron chi connectivity index (χ4n) is 2.97. The predicted molar refractivity (Wildman–Crippen MR) is 99.6 cm³/mol. The Bertz CT molecular complexity index is 536. The summed E-state index contributed by atoms with van der Waals surface area (Å²) in [7, 11) is 0. The van der Waals surface area contributed by atoms with E-state index < -0.39 is 17.7 Å². The van der Waals surface area contributed by atoms with Crippen LogP contribution in [0.2, 0.25) is 0 Å². The predicted octanol–water partition coefficient (Wildman–Crippen LogP) is 5.73. The zero-order valence-electron chi connectivity index (χ0n) is 16.5. The van der Waals surface area contributed by atoms with Gasteiger partial charge in [-0.15, -0.1) is 0 Å². The number of benzene rings is 1. The molecule has 1 aliphatic rings. The zero-order valence-corrected chi connectivity index (χ0v) is 16.5. The van der Waals surface area contributed by atoms with Crippen molar-refractivity contribution in [2.75, 3.05) is 19.6 Å². The highest BCUT2D eigenvalue weighted by Gasteiger charge is 2.34. The van der Waals surface area contributed by atoms with E-state index in [0.717, 1.165) is 38.5 Å².